The van der Waals surface area contributed by atoms with Gasteiger partial charge in [0.1, 0.15) is 6.10 Å². The number of aliphatic hydroxyl groups is 1. The molecular weight excluding hydrogens is 282 g/mol. The third kappa shape index (κ3) is 7.79. The molecule has 0 aliphatic heterocycles. The number of aromatic nitrogens is 1. The molecule has 1 heterocycles. The molecule has 6 heteroatoms. The molecule has 0 radical (unpaired) electrons. The maximum Gasteiger partial charge on any atom is 0.108 e. The van der Waals surface area contributed by atoms with Gasteiger partial charge in [0, 0.05) is 18.3 Å². The Kier molecular flexibility index (Phi) is 9.20. The fraction of sp³-hybridized carbons (Fsp3) is 0.545. The summed E-state index contributed by atoms with van der Waals surface area (Å²) in [4.78, 5) is 4.06. The summed E-state index contributed by atoms with van der Waals surface area (Å²) in [6.45, 7) is 6.64. The van der Waals surface area contributed by atoms with Crippen LogP contribution in [0.4, 0.5) is 0 Å². The van der Waals surface area contributed by atoms with Crippen molar-refractivity contribution < 1.29 is 5.11 Å². The van der Waals surface area contributed by atoms with E-state index in [-0.39, 0.29) is 30.4 Å². The highest BCUT2D eigenvalue weighted by Crippen LogP contribution is 2.13. The lowest BCUT2D eigenvalue weighted by Crippen LogP contribution is -2.38. The summed E-state index contributed by atoms with van der Waals surface area (Å²) in [7, 11) is 0. The number of rotatable bonds is 3. The molecular formula is C11H19Cl3N2O. The van der Waals surface area contributed by atoms with Crippen molar-refractivity contribution in [3.63, 3.8) is 0 Å². The van der Waals surface area contributed by atoms with E-state index in [0.29, 0.717) is 17.3 Å². The fourth-order valence-electron chi connectivity index (χ4n) is 1.09. The molecule has 1 rings (SSSR count). The zero-order valence-electron chi connectivity index (χ0n) is 10.1. The predicted molar refractivity (Wildman–Crippen MR) is 76.5 cm³/mol. The monoisotopic (exact) mass is 300 g/mol. The van der Waals surface area contributed by atoms with Crippen LogP contribution in [0.3, 0.4) is 0 Å². The third-order valence-electron chi connectivity index (χ3n) is 1.92. The molecule has 100 valence electrons. The van der Waals surface area contributed by atoms with Crippen molar-refractivity contribution in [1.82, 2.24) is 10.3 Å². The molecule has 0 saturated heterocycles. The van der Waals surface area contributed by atoms with Crippen LogP contribution in [-0.2, 0) is 0 Å². The quantitative estimate of drug-likeness (QED) is 0.902. The predicted octanol–water partition coefficient (Wildman–Crippen LogP) is 3.00. The highest BCUT2D eigenvalue weighted by Gasteiger charge is 2.14. The number of hydrogen-bond acceptors (Lipinski definition) is 3. The van der Waals surface area contributed by atoms with Gasteiger partial charge in [0.15, 0.2) is 0 Å². The first-order valence-corrected chi connectivity index (χ1v) is 5.31. The molecule has 1 aromatic rings. The zero-order valence-corrected chi connectivity index (χ0v) is 12.5. The van der Waals surface area contributed by atoms with Crippen molar-refractivity contribution >= 4 is 36.4 Å². The number of aliphatic hydroxyl groups excluding tert-OH is 1. The second-order valence-corrected chi connectivity index (χ2v) is 4.98. The lowest BCUT2D eigenvalue weighted by Gasteiger charge is -2.22. The van der Waals surface area contributed by atoms with Crippen LogP contribution < -0.4 is 5.32 Å². The standard InChI is InChI=1S/C11H17ClN2O.2ClH/c1-11(2,3)14-7-10(15)9-5-4-8(12)6-13-9;;/h4-6,10,14-15H,7H2,1-3H3;2*1H. The Morgan fingerprint density at radius 1 is 1.35 bits per heavy atom. The maximum atomic E-state index is 9.81. The van der Waals surface area contributed by atoms with E-state index < -0.39 is 6.10 Å². The summed E-state index contributed by atoms with van der Waals surface area (Å²) in [5, 5.41) is 13.6. The normalized spacial score (nSPS) is 12.3. The van der Waals surface area contributed by atoms with Gasteiger partial charge in [-0.05, 0) is 32.9 Å². The van der Waals surface area contributed by atoms with Crippen molar-refractivity contribution in [1.29, 1.82) is 0 Å². The number of hydrogen-bond donors (Lipinski definition) is 2. The van der Waals surface area contributed by atoms with E-state index in [0.717, 1.165) is 0 Å². The molecule has 2 N–H and O–H groups in total. The molecule has 0 fully saturated rings. The Bertz CT molecular complexity index is 311. The molecule has 0 saturated carbocycles. The molecule has 0 amide bonds. The van der Waals surface area contributed by atoms with Crippen molar-refractivity contribution in [2.45, 2.75) is 32.4 Å². The van der Waals surface area contributed by atoms with E-state index in [2.05, 4.69) is 31.1 Å². The number of pyridine rings is 1. The van der Waals surface area contributed by atoms with Crippen molar-refractivity contribution in [2.24, 2.45) is 0 Å². The van der Waals surface area contributed by atoms with Gasteiger partial charge in [-0.15, -0.1) is 24.8 Å². The SMILES string of the molecule is CC(C)(C)NCC(O)c1ccc(Cl)cn1.Cl.Cl. The summed E-state index contributed by atoms with van der Waals surface area (Å²) in [5.74, 6) is 0. The van der Waals surface area contributed by atoms with Crippen molar-refractivity contribution in [3.8, 4) is 0 Å². The van der Waals surface area contributed by atoms with E-state index in [1.807, 2.05) is 0 Å². The van der Waals surface area contributed by atoms with Gasteiger partial charge in [0.2, 0.25) is 0 Å². The van der Waals surface area contributed by atoms with Gasteiger partial charge < -0.3 is 10.4 Å². The van der Waals surface area contributed by atoms with E-state index in [1.165, 1.54) is 6.20 Å². The van der Waals surface area contributed by atoms with Crippen molar-refractivity contribution in [2.75, 3.05) is 6.54 Å². The molecule has 0 aromatic carbocycles. The lowest BCUT2D eigenvalue weighted by atomic mass is 10.1. The first kappa shape index (κ1) is 19.3. The van der Waals surface area contributed by atoms with Gasteiger partial charge in [0.05, 0.1) is 10.7 Å². The second-order valence-electron chi connectivity index (χ2n) is 4.55. The largest absolute Gasteiger partial charge is 0.385 e. The maximum absolute atomic E-state index is 9.81. The van der Waals surface area contributed by atoms with E-state index in [9.17, 15) is 5.11 Å². The minimum Gasteiger partial charge on any atom is -0.385 e. The average Bonchev–Trinajstić information content (AvgIpc) is 2.14. The topological polar surface area (TPSA) is 45.1 Å². The minimum atomic E-state index is -0.596. The number of nitrogens with zero attached hydrogens (tertiary/aromatic N) is 1. The summed E-state index contributed by atoms with van der Waals surface area (Å²) in [6.07, 6.45) is 0.943. The Balaban J connectivity index is 0. The molecule has 0 bridgehead atoms. The first-order chi connectivity index (χ1) is 6.88. The van der Waals surface area contributed by atoms with E-state index >= 15 is 0 Å². The fourth-order valence-corrected chi connectivity index (χ4v) is 1.20. The van der Waals surface area contributed by atoms with Crippen molar-refractivity contribution in [3.05, 3.63) is 29.0 Å². The highest BCUT2D eigenvalue weighted by molar-refractivity contribution is 6.30. The molecule has 1 unspecified atom stereocenters. The zero-order chi connectivity index (χ0) is 11.5. The number of β-amino-alcohol motifs (C(OH)–C–C–N with tert-alkyl or cyclic N) is 1. The van der Waals surface area contributed by atoms with Gasteiger partial charge >= 0.3 is 0 Å². The van der Waals surface area contributed by atoms with Crippen LogP contribution in [0.1, 0.15) is 32.6 Å². The molecule has 17 heavy (non-hydrogen) atoms. The number of nitrogens with one attached hydrogen (secondary N) is 1. The van der Waals surface area contributed by atoms with Crippen LogP contribution in [0.25, 0.3) is 0 Å². The van der Waals surface area contributed by atoms with E-state index in [4.69, 9.17) is 11.6 Å². The molecule has 1 atom stereocenters. The van der Waals surface area contributed by atoms with Crippen LogP contribution in [0, 0.1) is 0 Å². The average molecular weight is 302 g/mol. The molecule has 3 nitrogen and oxygen atoms in total. The summed E-state index contributed by atoms with van der Waals surface area (Å²) in [5.41, 5.74) is 0.629. The summed E-state index contributed by atoms with van der Waals surface area (Å²) in [6, 6.07) is 3.46. The molecule has 0 spiro atoms. The summed E-state index contributed by atoms with van der Waals surface area (Å²) < 4.78 is 0. The van der Waals surface area contributed by atoms with Gasteiger partial charge in [-0.1, -0.05) is 11.6 Å². The summed E-state index contributed by atoms with van der Waals surface area (Å²) >= 11 is 5.71. The van der Waals surface area contributed by atoms with Crippen LogP contribution in [0.2, 0.25) is 5.02 Å². The van der Waals surface area contributed by atoms with Crippen LogP contribution in [0.15, 0.2) is 18.3 Å². The first-order valence-electron chi connectivity index (χ1n) is 4.93. The highest BCUT2D eigenvalue weighted by atomic mass is 35.5. The lowest BCUT2D eigenvalue weighted by molar-refractivity contribution is 0.159. The van der Waals surface area contributed by atoms with Gasteiger partial charge in [-0.2, -0.15) is 0 Å². The van der Waals surface area contributed by atoms with Crippen LogP contribution in [0.5, 0.6) is 0 Å². The Morgan fingerprint density at radius 3 is 2.35 bits per heavy atom. The minimum absolute atomic E-state index is 0. The van der Waals surface area contributed by atoms with Gasteiger partial charge in [-0.25, -0.2) is 0 Å². The van der Waals surface area contributed by atoms with Gasteiger partial charge in [0.25, 0.3) is 0 Å². The Labute approximate surface area is 120 Å². The smallest absolute Gasteiger partial charge is 0.108 e. The second kappa shape index (κ2) is 8.11. The molecule has 0 aliphatic rings. The number of halogens is 3. The Hall–Kier alpha value is -0.0600. The molecule has 0 aliphatic carbocycles. The Morgan fingerprint density at radius 2 is 1.94 bits per heavy atom. The molecule has 1 aromatic heterocycles. The van der Waals surface area contributed by atoms with Crippen LogP contribution in [-0.4, -0.2) is 22.2 Å². The van der Waals surface area contributed by atoms with Gasteiger partial charge in [-0.3, -0.25) is 4.98 Å². The third-order valence-corrected chi connectivity index (χ3v) is 2.14. The van der Waals surface area contributed by atoms with Crippen LogP contribution >= 0.6 is 36.4 Å². The van der Waals surface area contributed by atoms with E-state index in [1.54, 1.807) is 12.1 Å².